The van der Waals surface area contributed by atoms with Crippen molar-refractivity contribution >= 4 is 11.6 Å². The molecule has 2 aromatic rings. The van der Waals surface area contributed by atoms with Crippen LogP contribution in [0.15, 0.2) is 36.7 Å². The third-order valence-corrected chi connectivity index (χ3v) is 2.73. The van der Waals surface area contributed by atoms with E-state index in [0.29, 0.717) is 12.5 Å². The normalized spacial score (nSPS) is 10.2. The molecule has 0 aliphatic rings. The van der Waals surface area contributed by atoms with E-state index < -0.39 is 4.92 Å². The summed E-state index contributed by atoms with van der Waals surface area (Å²) >= 11 is 0. The third kappa shape index (κ3) is 3.48. The van der Waals surface area contributed by atoms with Crippen LogP contribution < -0.4 is 5.32 Å². The quantitative estimate of drug-likeness (QED) is 0.658. The highest BCUT2D eigenvalue weighted by molar-refractivity contribution is 5.32. The van der Waals surface area contributed by atoms with E-state index in [2.05, 4.69) is 34.3 Å². The van der Waals surface area contributed by atoms with Crippen LogP contribution in [0, 0.1) is 10.1 Å². The number of nitrogens with zero attached hydrogens (tertiary/aromatic N) is 3. The molecule has 19 heavy (non-hydrogen) atoms. The molecule has 0 saturated carbocycles. The molecule has 0 atom stereocenters. The van der Waals surface area contributed by atoms with Crippen LogP contribution in [0.3, 0.4) is 0 Å². The van der Waals surface area contributed by atoms with Crippen molar-refractivity contribution in [3.63, 3.8) is 0 Å². The van der Waals surface area contributed by atoms with Gasteiger partial charge in [0.15, 0.2) is 0 Å². The summed E-state index contributed by atoms with van der Waals surface area (Å²) in [4.78, 5) is 17.7. The highest BCUT2D eigenvalue weighted by atomic mass is 16.6. The Bertz CT molecular complexity index is 552. The number of aryl methyl sites for hydroxylation is 1. The Labute approximate surface area is 110 Å². The third-order valence-electron chi connectivity index (χ3n) is 2.73. The fourth-order valence-electron chi connectivity index (χ4n) is 1.58. The van der Waals surface area contributed by atoms with Crippen molar-refractivity contribution < 1.29 is 4.92 Å². The molecular formula is C13H14N4O2. The summed E-state index contributed by atoms with van der Waals surface area (Å²) in [6.07, 6.45) is 3.39. The minimum Gasteiger partial charge on any atom is -0.350 e. The van der Waals surface area contributed by atoms with Crippen molar-refractivity contribution in [2.75, 3.05) is 5.32 Å². The lowest BCUT2D eigenvalue weighted by atomic mass is 10.1. The zero-order valence-corrected chi connectivity index (χ0v) is 10.5. The molecule has 1 aromatic carbocycles. The van der Waals surface area contributed by atoms with Gasteiger partial charge in [-0.2, -0.15) is 0 Å². The van der Waals surface area contributed by atoms with Gasteiger partial charge in [0.1, 0.15) is 12.4 Å². The molecule has 0 aliphatic heterocycles. The fourth-order valence-corrected chi connectivity index (χ4v) is 1.58. The number of nitro groups is 1. The maximum absolute atomic E-state index is 10.5. The van der Waals surface area contributed by atoms with E-state index in [4.69, 9.17) is 0 Å². The van der Waals surface area contributed by atoms with E-state index >= 15 is 0 Å². The van der Waals surface area contributed by atoms with Crippen LogP contribution in [-0.4, -0.2) is 14.9 Å². The van der Waals surface area contributed by atoms with Gasteiger partial charge in [-0.3, -0.25) is 10.1 Å². The second-order valence-corrected chi connectivity index (χ2v) is 4.05. The smallest absolute Gasteiger partial charge is 0.305 e. The Morgan fingerprint density at radius 3 is 2.26 bits per heavy atom. The Kier molecular flexibility index (Phi) is 4.02. The van der Waals surface area contributed by atoms with Crippen LogP contribution in [0.1, 0.15) is 18.1 Å². The molecule has 6 heteroatoms. The zero-order valence-electron chi connectivity index (χ0n) is 10.5. The summed E-state index contributed by atoms with van der Waals surface area (Å²) < 4.78 is 0. The predicted molar refractivity (Wildman–Crippen MR) is 71.8 cm³/mol. The topological polar surface area (TPSA) is 81.0 Å². The summed E-state index contributed by atoms with van der Waals surface area (Å²) in [5.74, 6) is 0.380. The lowest BCUT2D eigenvalue weighted by Gasteiger charge is -2.05. The van der Waals surface area contributed by atoms with Crippen LogP contribution in [0.5, 0.6) is 0 Å². The average Bonchev–Trinajstić information content (AvgIpc) is 2.46. The van der Waals surface area contributed by atoms with E-state index in [9.17, 15) is 10.1 Å². The molecule has 1 N–H and O–H groups in total. The van der Waals surface area contributed by atoms with E-state index in [0.717, 1.165) is 12.0 Å². The van der Waals surface area contributed by atoms with Gasteiger partial charge in [0.05, 0.1) is 4.92 Å². The van der Waals surface area contributed by atoms with E-state index in [-0.39, 0.29) is 5.69 Å². The number of nitrogens with one attached hydrogen (secondary N) is 1. The Morgan fingerprint density at radius 1 is 1.16 bits per heavy atom. The largest absolute Gasteiger partial charge is 0.350 e. The van der Waals surface area contributed by atoms with Crippen LogP contribution in [0.25, 0.3) is 0 Å². The minimum absolute atomic E-state index is 0.113. The minimum atomic E-state index is -0.521. The standard InChI is InChI=1S/C13H14N4O2/c1-2-10-3-5-11(6-4-10)7-14-13-15-8-12(9-16-13)17(18)19/h3-6,8-9H,2,7H2,1H3,(H,14,15,16). The summed E-state index contributed by atoms with van der Waals surface area (Å²) in [6.45, 7) is 2.69. The molecule has 1 aromatic heterocycles. The molecule has 0 unspecified atom stereocenters. The number of hydrogen-bond donors (Lipinski definition) is 1. The maximum atomic E-state index is 10.5. The number of anilines is 1. The first kappa shape index (κ1) is 12.9. The van der Waals surface area contributed by atoms with Gasteiger partial charge in [0, 0.05) is 6.54 Å². The van der Waals surface area contributed by atoms with Crippen LogP contribution >= 0.6 is 0 Å². The summed E-state index contributed by atoms with van der Waals surface area (Å²) in [5.41, 5.74) is 2.28. The molecule has 1 heterocycles. The van der Waals surface area contributed by atoms with Gasteiger partial charge < -0.3 is 5.32 Å². The number of hydrogen-bond acceptors (Lipinski definition) is 5. The van der Waals surface area contributed by atoms with E-state index in [1.54, 1.807) is 0 Å². The molecule has 0 aliphatic carbocycles. The molecule has 0 bridgehead atoms. The van der Waals surface area contributed by atoms with Crippen LogP contribution in [0.2, 0.25) is 0 Å². The summed E-state index contributed by atoms with van der Waals surface area (Å²) in [7, 11) is 0. The summed E-state index contributed by atoms with van der Waals surface area (Å²) in [5, 5.41) is 13.5. The number of aromatic nitrogens is 2. The van der Waals surface area contributed by atoms with Crippen LogP contribution in [0.4, 0.5) is 11.6 Å². The first-order chi connectivity index (χ1) is 9.19. The molecule has 0 radical (unpaired) electrons. The fraction of sp³-hybridized carbons (Fsp3) is 0.231. The van der Waals surface area contributed by atoms with Crippen molar-refractivity contribution in [2.24, 2.45) is 0 Å². The van der Waals surface area contributed by atoms with Crippen molar-refractivity contribution in [1.82, 2.24) is 9.97 Å². The molecule has 0 amide bonds. The molecule has 0 spiro atoms. The van der Waals surface area contributed by atoms with Gasteiger partial charge >= 0.3 is 5.69 Å². The lowest BCUT2D eigenvalue weighted by Crippen LogP contribution is -2.03. The zero-order chi connectivity index (χ0) is 13.7. The SMILES string of the molecule is CCc1ccc(CNc2ncc([N+](=O)[O-])cn2)cc1. The first-order valence-electron chi connectivity index (χ1n) is 5.97. The molecule has 98 valence electrons. The molecule has 2 rings (SSSR count). The first-order valence-corrected chi connectivity index (χ1v) is 5.97. The Hall–Kier alpha value is -2.50. The van der Waals surface area contributed by atoms with Crippen molar-refractivity contribution in [2.45, 2.75) is 19.9 Å². The highest BCUT2D eigenvalue weighted by Gasteiger charge is 2.06. The van der Waals surface area contributed by atoms with E-state index in [1.165, 1.54) is 18.0 Å². The maximum Gasteiger partial charge on any atom is 0.305 e. The monoisotopic (exact) mass is 258 g/mol. The van der Waals surface area contributed by atoms with Crippen molar-refractivity contribution in [3.05, 3.63) is 57.9 Å². The van der Waals surface area contributed by atoms with Gasteiger partial charge in [-0.1, -0.05) is 31.2 Å². The highest BCUT2D eigenvalue weighted by Crippen LogP contribution is 2.10. The molecule has 0 fully saturated rings. The predicted octanol–water partition coefficient (Wildman–Crippen LogP) is 2.56. The Balaban J connectivity index is 1.95. The lowest BCUT2D eigenvalue weighted by molar-refractivity contribution is -0.385. The van der Waals surface area contributed by atoms with E-state index in [1.807, 2.05) is 12.1 Å². The molecule has 0 saturated heterocycles. The van der Waals surface area contributed by atoms with Crippen LogP contribution in [-0.2, 0) is 13.0 Å². The molecule has 6 nitrogen and oxygen atoms in total. The number of benzene rings is 1. The van der Waals surface area contributed by atoms with Crippen molar-refractivity contribution in [3.8, 4) is 0 Å². The number of rotatable bonds is 5. The van der Waals surface area contributed by atoms with Gasteiger partial charge in [-0.15, -0.1) is 0 Å². The van der Waals surface area contributed by atoms with Gasteiger partial charge in [0.2, 0.25) is 5.95 Å². The van der Waals surface area contributed by atoms with Gasteiger partial charge in [-0.25, -0.2) is 9.97 Å². The summed E-state index contributed by atoms with van der Waals surface area (Å²) in [6, 6.07) is 8.23. The van der Waals surface area contributed by atoms with Gasteiger partial charge in [0.25, 0.3) is 0 Å². The van der Waals surface area contributed by atoms with Gasteiger partial charge in [-0.05, 0) is 17.5 Å². The second kappa shape index (κ2) is 5.90. The van der Waals surface area contributed by atoms with Crippen molar-refractivity contribution in [1.29, 1.82) is 0 Å². The Morgan fingerprint density at radius 2 is 1.74 bits per heavy atom. The average molecular weight is 258 g/mol. The molecular weight excluding hydrogens is 244 g/mol. The second-order valence-electron chi connectivity index (χ2n) is 4.05.